The smallest absolute Gasteiger partial charge is 0.429 e. The fourth-order valence-electron chi connectivity index (χ4n) is 6.17. The Bertz CT molecular complexity index is 955. The zero-order valence-electron chi connectivity index (χ0n) is 21.4. The number of hydrogen-bond donors (Lipinski definition) is 0. The third-order valence-corrected chi connectivity index (χ3v) is 8.46. The van der Waals surface area contributed by atoms with Crippen molar-refractivity contribution in [3.8, 4) is 11.5 Å². The van der Waals surface area contributed by atoms with E-state index < -0.39 is 18.2 Å². The first-order chi connectivity index (χ1) is 17.6. The summed E-state index contributed by atoms with van der Waals surface area (Å²) in [5, 5.41) is 0. The molecule has 0 bridgehead atoms. The Kier molecular flexibility index (Phi) is 9.02. The van der Waals surface area contributed by atoms with Crippen LogP contribution in [0.2, 0.25) is 0 Å². The largest absolute Gasteiger partial charge is 0.573 e. The van der Waals surface area contributed by atoms with Crippen LogP contribution >= 0.6 is 0 Å². The fraction of sp³-hybridized carbons (Fsp3) is 0.600. The van der Waals surface area contributed by atoms with Crippen molar-refractivity contribution in [2.24, 2.45) is 23.7 Å². The molecule has 0 unspecified atom stereocenters. The maximum atomic E-state index is 14.6. The van der Waals surface area contributed by atoms with Crippen LogP contribution < -0.4 is 9.47 Å². The highest BCUT2D eigenvalue weighted by Gasteiger charge is 2.35. The predicted octanol–water partition coefficient (Wildman–Crippen LogP) is 9.67. The molecule has 2 aliphatic rings. The van der Waals surface area contributed by atoms with Gasteiger partial charge in [-0.3, -0.25) is 0 Å². The van der Waals surface area contributed by atoms with Crippen molar-refractivity contribution in [3.63, 3.8) is 0 Å². The number of benzene rings is 2. The zero-order valence-corrected chi connectivity index (χ0v) is 21.4. The first-order valence-electron chi connectivity index (χ1n) is 13.6. The molecular formula is C30H37F5O2. The molecule has 2 fully saturated rings. The van der Waals surface area contributed by atoms with Gasteiger partial charge in [-0.25, -0.2) is 0 Å². The monoisotopic (exact) mass is 524 g/mol. The summed E-state index contributed by atoms with van der Waals surface area (Å²) >= 11 is 0. The van der Waals surface area contributed by atoms with Crippen molar-refractivity contribution < 1.29 is 31.4 Å². The van der Waals surface area contributed by atoms with E-state index in [1.807, 2.05) is 0 Å². The lowest BCUT2D eigenvalue weighted by Gasteiger charge is -2.37. The van der Waals surface area contributed by atoms with Crippen LogP contribution in [0.25, 0.3) is 0 Å². The minimum atomic E-state index is -4.85. The molecule has 204 valence electrons. The number of alkyl halides is 5. The Hall–Kier alpha value is -2.31. The second kappa shape index (κ2) is 12.0. The molecule has 0 spiro atoms. The average molecular weight is 525 g/mol. The van der Waals surface area contributed by atoms with Crippen molar-refractivity contribution in [2.75, 3.05) is 0 Å². The number of hydrogen-bond acceptors (Lipinski definition) is 2. The summed E-state index contributed by atoms with van der Waals surface area (Å²) < 4.78 is 74.5. The van der Waals surface area contributed by atoms with Gasteiger partial charge in [-0.05, 0) is 104 Å². The molecule has 0 radical (unpaired) electrons. The molecule has 0 heterocycles. The predicted molar refractivity (Wildman–Crippen MR) is 134 cm³/mol. The Balaban J connectivity index is 1.22. The van der Waals surface area contributed by atoms with Crippen molar-refractivity contribution in [1.82, 2.24) is 0 Å². The van der Waals surface area contributed by atoms with Gasteiger partial charge in [0.05, 0.1) is 5.56 Å². The Morgan fingerprint density at radius 2 is 1.14 bits per heavy atom. The maximum Gasteiger partial charge on any atom is 0.573 e. The molecule has 2 aliphatic carbocycles. The highest BCUT2D eigenvalue weighted by Crippen LogP contribution is 2.43. The summed E-state index contributed by atoms with van der Waals surface area (Å²) in [6.07, 6.45) is 5.65. The molecule has 4 rings (SSSR count). The van der Waals surface area contributed by atoms with Gasteiger partial charge < -0.3 is 9.47 Å². The molecule has 0 N–H and O–H groups in total. The quantitative estimate of drug-likeness (QED) is 0.304. The van der Waals surface area contributed by atoms with Gasteiger partial charge in [-0.15, -0.1) is 13.2 Å². The zero-order chi connectivity index (χ0) is 26.5. The van der Waals surface area contributed by atoms with Crippen LogP contribution in [-0.2, 0) is 12.5 Å². The molecule has 2 saturated carbocycles. The fourth-order valence-corrected chi connectivity index (χ4v) is 6.17. The molecule has 2 aromatic rings. The number of halogens is 5. The van der Waals surface area contributed by atoms with Crippen LogP contribution in [0.1, 0.15) is 82.3 Å². The normalized spacial score (nSPS) is 25.0. The van der Waals surface area contributed by atoms with Crippen LogP contribution in [0.4, 0.5) is 22.0 Å². The SMILES string of the molecule is CC[C@H]1CC[C@H]([C@H]2CC[C@H](CCc3ccc(C(F)(F)Oc4ccc(OC(F)(F)F)cc4)cc3)CC2)CC1. The molecule has 0 atom stereocenters. The topological polar surface area (TPSA) is 18.5 Å². The van der Waals surface area contributed by atoms with Crippen molar-refractivity contribution >= 4 is 0 Å². The molecule has 0 saturated heterocycles. The lowest BCUT2D eigenvalue weighted by Crippen LogP contribution is -2.25. The lowest BCUT2D eigenvalue weighted by atomic mass is 9.68. The Labute approximate surface area is 216 Å². The highest BCUT2D eigenvalue weighted by atomic mass is 19.4. The van der Waals surface area contributed by atoms with Gasteiger partial charge in [0.25, 0.3) is 0 Å². The van der Waals surface area contributed by atoms with E-state index in [-0.39, 0.29) is 11.3 Å². The van der Waals surface area contributed by atoms with Gasteiger partial charge in [-0.2, -0.15) is 8.78 Å². The van der Waals surface area contributed by atoms with Crippen molar-refractivity contribution in [2.45, 2.75) is 90.0 Å². The maximum absolute atomic E-state index is 14.6. The molecule has 37 heavy (non-hydrogen) atoms. The Morgan fingerprint density at radius 1 is 0.649 bits per heavy atom. The van der Waals surface area contributed by atoms with Gasteiger partial charge in [0.2, 0.25) is 0 Å². The summed E-state index contributed by atoms with van der Waals surface area (Å²) in [5.41, 5.74) is 0.721. The second-order valence-corrected chi connectivity index (χ2v) is 10.8. The second-order valence-electron chi connectivity index (χ2n) is 10.8. The van der Waals surface area contributed by atoms with Crippen LogP contribution in [0, 0.1) is 23.7 Å². The van der Waals surface area contributed by atoms with Crippen LogP contribution in [-0.4, -0.2) is 6.36 Å². The van der Waals surface area contributed by atoms with E-state index in [0.29, 0.717) is 5.92 Å². The summed E-state index contributed by atoms with van der Waals surface area (Å²) in [4.78, 5) is 0. The van der Waals surface area contributed by atoms with Crippen molar-refractivity contribution in [3.05, 3.63) is 59.7 Å². The minimum absolute atomic E-state index is 0.252. The number of rotatable bonds is 9. The van der Waals surface area contributed by atoms with Crippen LogP contribution in [0.5, 0.6) is 11.5 Å². The van der Waals surface area contributed by atoms with E-state index >= 15 is 0 Å². The van der Waals surface area contributed by atoms with E-state index in [2.05, 4.69) is 11.7 Å². The Morgan fingerprint density at radius 3 is 1.62 bits per heavy atom. The first kappa shape index (κ1) is 27.7. The average Bonchev–Trinajstić information content (AvgIpc) is 2.88. The molecular weight excluding hydrogens is 487 g/mol. The van der Waals surface area contributed by atoms with E-state index in [0.717, 1.165) is 60.4 Å². The molecule has 2 nitrogen and oxygen atoms in total. The standard InChI is InChI=1S/C30H37F5O2/c1-2-21-5-11-24(12-6-21)25-13-7-22(8-14-25)3-4-23-9-15-26(16-10-23)29(31,32)36-27-17-19-28(20-18-27)37-30(33,34)35/h9-10,15-22,24-25H,2-8,11-14H2,1H3/t21-,22-,24-,25-. The lowest BCUT2D eigenvalue weighted by molar-refractivity contribution is -0.274. The van der Waals surface area contributed by atoms with E-state index in [1.54, 1.807) is 12.1 Å². The summed E-state index contributed by atoms with van der Waals surface area (Å²) in [5.74, 6) is 2.71. The number of ether oxygens (including phenoxy) is 2. The third-order valence-electron chi connectivity index (χ3n) is 8.46. The summed E-state index contributed by atoms with van der Waals surface area (Å²) in [6.45, 7) is 2.31. The molecule has 0 aromatic heterocycles. The van der Waals surface area contributed by atoms with Crippen LogP contribution in [0.3, 0.4) is 0 Å². The first-order valence-corrected chi connectivity index (χ1v) is 13.6. The molecule has 2 aromatic carbocycles. The minimum Gasteiger partial charge on any atom is -0.429 e. The van der Waals surface area contributed by atoms with Gasteiger partial charge in [-0.1, -0.05) is 51.2 Å². The third kappa shape index (κ3) is 8.08. The van der Waals surface area contributed by atoms with Gasteiger partial charge in [0, 0.05) is 0 Å². The van der Waals surface area contributed by atoms with Crippen LogP contribution in [0.15, 0.2) is 48.5 Å². The van der Waals surface area contributed by atoms with E-state index in [1.165, 1.54) is 69.9 Å². The van der Waals surface area contributed by atoms with Gasteiger partial charge >= 0.3 is 12.5 Å². The molecule has 0 aliphatic heterocycles. The summed E-state index contributed by atoms with van der Waals surface area (Å²) in [7, 11) is 0. The van der Waals surface area contributed by atoms with Crippen molar-refractivity contribution in [1.29, 1.82) is 0 Å². The number of aryl methyl sites for hydroxylation is 1. The molecule has 7 heteroatoms. The summed E-state index contributed by atoms with van der Waals surface area (Å²) in [6, 6.07) is 10.1. The van der Waals surface area contributed by atoms with E-state index in [4.69, 9.17) is 4.74 Å². The van der Waals surface area contributed by atoms with Gasteiger partial charge in [0.1, 0.15) is 11.5 Å². The van der Waals surface area contributed by atoms with E-state index in [9.17, 15) is 22.0 Å². The highest BCUT2D eigenvalue weighted by molar-refractivity contribution is 5.33. The molecule has 0 amide bonds. The van der Waals surface area contributed by atoms with Gasteiger partial charge in [0.15, 0.2) is 0 Å².